The summed E-state index contributed by atoms with van der Waals surface area (Å²) in [5, 5.41) is 0. The fourth-order valence-electron chi connectivity index (χ4n) is 1.79. The first kappa shape index (κ1) is 13.1. The Morgan fingerprint density at radius 3 is 2.68 bits per heavy atom. The molecule has 0 saturated heterocycles. The van der Waals surface area contributed by atoms with Gasteiger partial charge in [-0.3, -0.25) is 4.57 Å². The fraction of sp³-hybridized carbons (Fsp3) is 0.200. The van der Waals surface area contributed by atoms with Gasteiger partial charge in [-0.1, -0.05) is 24.8 Å². The summed E-state index contributed by atoms with van der Waals surface area (Å²) in [6.07, 6.45) is 1.72. The maximum Gasteiger partial charge on any atom is 0.333 e. The molecule has 0 N–H and O–H groups in total. The molecule has 4 heteroatoms. The van der Waals surface area contributed by atoms with Gasteiger partial charge >= 0.3 is 5.97 Å². The van der Waals surface area contributed by atoms with Crippen molar-refractivity contribution in [3.63, 3.8) is 0 Å². The van der Waals surface area contributed by atoms with Crippen LogP contribution in [0.5, 0.6) is 0 Å². The summed E-state index contributed by atoms with van der Waals surface area (Å²) in [6.45, 7) is 7.28. The lowest BCUT2D eigenvalue weighted by molar-refractivity contribution is -0.140. The molecular formula is C15H16N2O2. The van der Waals surface area contributed by atoms with Gasteiger partial charge < -0.3 is 4.74 Å². The van der Waals surface area contributed by atoms with Crippen molar-refractivity contribution in [2.45, 2.75) is 20.5 Å². The Bertz CT molecular complexity index is 600. The lowest BCUT2D eigenvalue weighted by atomic mass is 10.3. The third kappa shape index (κ3) is 2.91. The van der Waals surface area contributed by atoms with Crippen molar-refractivity contribution < 1.29 is 9.53 Å². The number of aromatic nitrogens is 2. The SMILES string of the molecule is C=C(C)C(=O)OCc1cnc(C)n1-c1ccccc1. The van der Waals surface area contributed by atoms with E-state index in [0.717, 1.165) is 17.2 Å². The average Bonchev–Trinajstić information content (AvgIpc) is 2.78. The predicted molar refractivity (Wildman–Crippen MR) is 72.9 cm³/mol. The molecule has 0 saturated carbocycles. The molecule has 1 aromatic heterocycles. The van der Waals surface area contributed by atoms with E-state index in [2.05, 4.69) is 11.6 Å². The van der Waals surface area contributed by atoms with Crippen molar-refractivity contribution in [2.75, 3.05) is 0 Å². The van der Waals surface area contributed by atoms with Crippen molar-refractivity contribution in [2.24, 2.45) is 0 Å². The lowest BCUT2D eigenvalue weighted by Crippen LogP contribution is -2.09. The molecule has 0 bridgehead atoms. The molecule has 2 rings (SSSR count). The molecule has 4 nitrogen and oxygen atoms in total. The van der Waals surface area contributed by atoms with E-state index >= 15 is 0 Å². The third-order valence-electron chi connectivity index (χ3n) is 2.73. The number of hydrogen-bond donors (Lipinski definition) is 0. The van der Waals surface area contributed by atoms with Crippen LogP contribution in [0.25, 0.3) is 5.69 Å². The zero-order chi connectivity index (χ0) is 13.8. The van der Waals surface area contributed by atoms with E-state index in [1.54, 1.807) is 13.1 Å². The number of rotatable bonds is 4. The molecule has 0 aliphatic carbocycles. The van der Waals surface area contributed by atoms with Gasteiger partial charge in [0, 0.05) is 11.3 Å². The van der Waals surface area contributed by atoms with Gasteiger partial charge in [0.05, 0.1) is 11.9 Å². The van der Waals surface area contributed by atoms with Gasteiger partial charge in [0.2, 0.25) is 0 Å². The number of esters is 1. The van der Waals surface area contributed by atoms with Gasteiger partial charge in [0.25, 0.3) is 0 Å². The van der Waals surface area contributed by atoms with Crippen molar-refractivity contribution in [3.8, 4) is 5.69 Å². The zero-order valence-electron chi connectivity index (χ0n) is 11.1. The summed E-state index contributed by atoms with van der Waals surface area (Å²) in [7, 11) is 0. The van der Waals surface area contributed by atoms with Crippen LogP contribution in [-0.2, 0) is 16.1 Å². The van der Waals surface area contributed by atoms with E-state index in [0.29, 0.717) is 5.57 Å². The van der Waals surface area contributed by atoms with Crippen LogP contribution in [0.1, 0.15) is 18.4 Å². The number of aryl methyl sites for hydroxylation is 1. The van der Waals surface area contributed by atoms with Gasteiger partial charge in [-0.2, -0.15) is 0 Å². The quantitative estimate of drug-likeness (QED) is 0.624. The Labute approximate surface area is 112 Å². The maximum atomic E-state index is 11.4. The summed E-state index contributed by atoms with van der Waals surface area (Å²) in [4.78, 5) is 15.7. The Kier molecular flexibility index (Phi) is 3.80. The number of para-hydroxylation sites is 1. The highest BCUT2D eigenvalue weighted by molar-refractivity contribution is 5.86. The van der Waals surface area contributed by atoms with E-state index in [9.17, 15) is 4.79 Å². The first-order valence-electron chi connectivity index (χ1n) is 6.01. The molecule has 0 fully saturated rings. The summed E-state index contributed by atoms with van der Waals surface area (Å²) in [5.74, 6) is 0.464. The number of ether oxygens (including phenoxy) is 1. The standard InChI is InChI=1S/C15H16N2O2/c1-11(2)15(18)19-10-14-9-16-12(3)17(14)13-7-5-4-6-8-13/h4-9H,1,10H2,2-3H3. The molecule has 0 atom stereocenters. The van der Waals surface area contributed by atoms with Crippen molar-refractivity contribution in [3.05, 3.63) is 60.2 Å². The molecule has 0 amide bonds. The molecule has 19 heavy (non-hydrogen) atoms. The first-order chi connectivity index (χ1) is 9.09. The largest absolute Gasteiger partial charge is 0.456 e. The van der Waals surface area contributed by atoms with Gasteiger partial charge in [-0.15, -0.1) is 0 Å². The van der Waals surface area contributed by atoms with Gasteiger partial charge in [0.15, 0.2) is 0 Å². The summed E-state index contributed by atoms with van der Waals surface area (Å²) in [5.41, 5.74) is 2.22. The molecule has 1 aromatic carbocycles. The summed E-state index contributed by atoms with van der Waals surface area (Å²) in [6, 6.07) is 9.84. The van der Waals surface area contributed by atoms with Crippen molar-refractivity contribution in [1.82, 2.24) is 9.55 Å². The molecule has 2 aromatic rings. The van der Waals surface area contributed by atoms with Crippen LogP contribution < -0.4 is 0 Å². The first-order valence-corrected chi connectivity index (χ1v) is 6.01. The van der Waals surface area contributed by atoms with Crippen LogP contribution in [0.3, 0.4) is 0 Å². The highest BCUT2D eigenvalue weighted by atomic mass is 16.5. The highest BCUT2D eigenvalue weighted by Crippen LogP contribution is 2.15. The van der Waals surface area contributed by atoms with Crippen LogP contribution in [0.15, 0.2) is 48.7 Å². The lowest BCUT2D eigenvalue weighted by Gasteiger charge is -2.10. The number of hydrogen-bond acceptors (Lipinski definition) is 3. The number of benzene rings is 1. The zero-order valence-corrected chi connectivity index (χ0v) is 11.1. The summed E-state index contributed by atoms with van der Waals surface area (Å²) >= 11 is 0. The van der Waals surface area contributed by atoms with E-state index in [1.807, 2.05) is 41.8 Å². The normalized spacial score (nSPS) is 10.2. The minimum Gasteiger partial charge on any atom is -0.456 e. The van der Waals surface area contributed by atoms with Crippen LogP contribution >= 0.6 is 0 Å². The van der Waals surface area contributed by atoms with Crippen LogP contribution in [-0.4, -0.2) is 15.5 Å². The number of nitrogens with zero attached hydrogens (tertiary/aromatic N) is 2. The second kappa shape index (κ2) is 5.52. The van der Waals surface area contributed by atoms with Crippen LogP contribution in [0.4, 0.5) is 0 Å². The fourth-order valence-corrected chi connectivity index (χ4v) is 1.79. The molecule has 0 radical (unpaired) electrons. The Hall–Kier alpha value is -2.36. The van der Waals surface area contributed by atoms with E-state index in [4.69, 9.17) is 4.74 Å². The monoisotopic (exact) mass is 256 g/mol. The minimum absolute atomic E-state index is 0.182. The molecular weight excluding hydrogens is 240 g/mol. The molecule has 0 unspecified atom stereocenters. The van der Waals surface area contributed by atoms with Crippen molar-refractivity contribution in [1.29, 1.82) is 0 Å². The highest BCUT2D eigenvalue weighted by Gasteiger charge is 2.11. The topological polar surface area (TPSA) is 44.1 Å². The smallest absolute Gasteiger partial charge is 0.333 e. The van der Waals surface area contributed by atoms with Gasteiger partial charge in [-0.05, 0) is 26.0 Å². The number of carbonyl (C=O) groups excluding carboxylic acids is 1. The minimum atomic E-state index is -0.390. The Morgan fingerprint density at radius 1 is 1.37 bits per heavy atom. The van der Waals surface area contributed by atoms with Gasteiger partial charge in [-0.25, -0.2) is 9.78 Å². The van der Waals surface area contributed by atoms with E-state index in [-0.39, 0.29) is 6.61 Å². The molecule has 0 spiro atoms. The van der Waals surface area contributed by atoms with Gasteiger partial charge in [0.1, 0.15) is 12.4 Å². The molecule has 0 aliphatic heterocycles. The van der Waals surface area contributed by atoms with E-state index < -0.39 is 5.97 Å². The second-order valence-electron chi connectivity index (χ2n) is 4.32. The Balaban J connectivity index is 2.24. The molecule has 1 heterocycles. The molecule has 98 valence electrons. The number of carbonyl (C=O) groups is 1. The maximum absolute atomic E-state index is 11.4. The molecule has 0 aliphatic rings. The summed E-state index contributed by atoms with van der Waals surface area (Å²) < 4.78 is 7.13. The van der Waals surface area contributed by atoms with Crippen molar-refractivity contribution >= 4 is 5.97 Å². The van der Waals surface area contributed by atoms with Crippen LogP contribution in [0, 0.1) is 6.92 Å². The third-order valence-corrected chi connectivity index (χ3v) is 2.73. The predicted octanol–water partition coefficient (Wildman–Crippen LogP) is 2.80. The Morgan fingerprint density at radius 2 is 2.05 bits per heavy atom. The second-order valence-corrected chi connectivity index (χ2v) is 4.32. The van der Waals surface area contributed by atoms with E-state index in [1.165, 1.54) is 0 Å². The number of imidazole rings is 1. The average molecular weight is 256 g/mol. The van der Waals surface area contributed by atoms with Crippen LogP contribution in [0.2, 0.25) is 0 Å².